The topological polar surface area (TPSA) is 64.6 Å². The molecule has 24 heavy (non-hydrogen) atoms. The van der Waals surface area contributed by atoms with E-state index in [9.17, 15) is 13.6 Å². The maximum atomic E-state index is 13.5. The molecule has 0 saturated carbocycles. The number of amides is 2. The minimum absolute atomic E-state index is 0.00883. The number of nitrogens with zero attached hydrogens (tertiary/aromatic N) is 1. The Bertz CT molecular complexity index is 585. The maximum absolute atomic E-state index is 13.5. The van der Waals surface area contributed by atoms with Crippen LogP contribution in [0.15, 0.2) is 18.2 Å². The van der Waals surface area contributed by atoms with Crippen LogP contribution in [0.5, 0.6) is 0 Å². The number of benzene rings is 1. The highest BCUT2D eigenvalue weighted by Gasteiger charge is 2.34. The van der Waals surface area contributed by atoms with Crippen molar-refractivity contribution >= 4 is 6.03 Å². The minimum atomic E-state index is -0.888. The molecule has 2 rings (SSSR count). The Morgan fingerprint density at radius 1 is 1.38 bits per heavy atom. The van der Waals surface area contributed by atoms with Crippen LogP contribution in [0.1, 0.15) is 31.9 Å². The summed E-state index contributed by atoms with van der Waals surface area (Å²) in [6.07, 6.45) is 0.720. The van der Waals surface area contributed by atoms with Gasteiger partial charge >= 0.3 is 6.03 Å². The zero-order chi connectivity index (χ0) is 17.9. The number of carbonyl (C=O) groups excluding carboxylic acids is 1. The molecule has 0 aliphatic carbocycles. The fourth-order valence-corrected chi connectivity index (χ4v) is 3.00. The number of aliphatic hydroxyl groups is 1. The number of likely N-dealkylation sites (tertiary alicyclic amines) is 1. The molecular weight excluding hydrogens is 316 g/mol. The van der Waals surface area contributed by atoms with Crippen LogP contribution in [0.2, 0.25) is 0 Å². The van der Waals surface area contributed by atoms with E-state index in [-0.39, 0.29) is 36.7 Å². The van der Waals surface area contributed by atoms with E-state index in [0.29, 0.717) is 5.56 Å². The molecule has 134 valence electrons. The van der Waals surface area contributed by atoms with Crippen LogP contribution in [0, 0.1) is 17.6 Å². The van der Waals surface area contributed by atoms with Gasteiger partial charge in [-0.1, -0.05) is 13.0 Å². The van der Waals surface area contributed by atoms with Gasteiger partial charge in [0.15, 0.2) is 11.6 Å². The molecule has 0 radical (unpaired) electrons. The van der Waals surface area contributed by atoms with Gasteiger partial charge in [0, 0.05) is 19.2 Å². The van der Waals surface area contributed by atoms with Gasteiger partial charge in [-0.05, 0) is 44.0 Å². The van der Waals surface area contributed by atoms with Crippen molar-refractivity contribution < 1.29 is 18.7 Å². The molecule has 3 N–H and O–H groups in total. The number of aliphatic hydroxyl groups excluding tert-OH is 1. The second-order valence-corrected chi connectivity index (χ2v) is 6.56. The van der Waals surface area contributed by atoms with Gasteiger partial charge in [0.2, 0.25) is 0 Å². The molecule has 0 bridgehead atoms. The third kappa shape index (κ3) is 4.21. The largest absolute Gasteiger partial charge is 0.396 e. The first kappa shape index (κ1) is 18.6. The third-order valence-corrected chi connectivity index (χ3v) is 4.75. The standard InChI is InChI=1S/C17H25F2N3O2/c1-10(9-23)11(2)20-17(24)21-15-6-7-22(3)16(15)12-4-5-13(18)14(19)8-12/h4-5,8,10-11,15-16,23H,6-7,9H2,1-3H3,(H2,20,21,24). The summed E-state index contributed by atoms with van der Waals surface area (Å²) >= 11 is 0. The number of hydrogen-bond donors (Lipinski definition) is 3. The van der Waals surface area contributed by atoms with Gasteiger partial charge in [-0.2, -0.15) is 0 Å². The normalized spacial score (nSPS) is 23.8. The fraction of sp³-hybridized carbons (Fsp3) is 0.588. The van der Waals surface area contributed by atoms with E-state index in [1.165, 1.54) is 6.07 Å². The molecule has 1 heterocycles. The van der Waals surface area contributed by atoms with E-state index in [2.05, 4.69) is 10.6 Å². The number of urea groups is 1. The summed E-state index contributed by atoms with van der Waals surface area (Å²) in [6.45, 7) is 4.41. The summed E-state index contributed by atoms with van der Waals surface area (Å²) < 4.78 is 26.7. The van der Waals surface area contributed by atoms with Crippen molar-refractivity contribution in [2.24, 2.45) is 5.92 Å². The van der Waals surface area contributed by atoms with Crippen molar-refractivity contribution in [1.82, 2.24) is 15.5 Å². The van der Waals surface area contributed by atoms with Gasteiger partial charge in [-0.15, -0.1) is 0 Å². The molecule has 1 aliphatic heterocycles. The molecular formula is C17H25F2N3O2. The number of rotatable bonds is 5. The predicted molar refractivity (Wildman–Crippen MR) is 87.5 cm³/mol. The summed E-state index contributed by atoms with van der Waals surface area (Å²) in [7, 11) is 1.89. The Kier molecular flexibility index (Phi) is 6.12. The lowest BCUT2D eigenvalue weighted by Crippen LogP contribution is -2.49. The Morgan fingerprint density at radius 2 is 2.08 bits per heavy atom. The first-order valence-electron chi connectivity index (χ1n) is 8.16. The van der Waals surface area contributed by atoms with Gasteiger partial charge in [-0.3, -0.25) is 4.90 Å². The summed E-state index contributed by atoms with van der Waals surface area (Å²) in [5.41, 5.74) is 0.635. The molecule has 1 fully saturated rings. The number of halogens is 2. The van der Waals surface area contributed by atoms with E-state index in [1.54, 1.807) is 6.07 Å². The van der Waals surface area contributed by atoms with Crippen molar-refractivity contribution in [3.8, 4) is 0 Å². The van der Waals surface area contributed by atoms with Gasteiger partial charge in [0.05, 0.1) is 12.1 Å². The summed E-state index contributed by atoms with van der Waals surface area (Å²) in [5, 5.41) is 14.8. The molecule has 4 unspecified atom stereocenters. The van der Waals surface area contributed by atoms with Crippen molar-refractivity contribution in [3.05, 3.63) is 35.4 Å². The molecule has 7 heteroatoms. The quantitative estimate of drug-likeness (QED) is 0.768. The lowest BCUT2D eigenvalue weighted by molar-refractivity contribution is 0.197. The summed E-state index contributed by atoms with van der Waals surface area (Å²) in [5.74, 6) is -1.82. The van der Waals surface area contributed by atoms with Crippen LogP contribution in [-0.2, 0) is 0 Å². The number of nitrogens with one attached hydrogen (secondary N) is 2. The fourth-order valence-electron chi connectivity index (χ4n) is 3.00. The van der Waals surface area contributed by atoms with Crippen LogP contribution in [-0.4, -0.2) is 48.3 Å². The first-order chi connectivity index (χ1) is 11.3. The second-order valence-electron chi connectivity index (χ2n) is 6.56. The van der Waals surface area contributed by atoms with Crippen LogP contribution in [0.3, 0.4) is 0 Å². The Morgan fingerprint density at radius 3 is 2.71 bits per heavy atom. The third-order valence-electron chi connectivity index (χ3n) is 4.75. The Labute approximate surface area is 141 Å². The van der Waals surface area contributed by atoms with Crippen LogP contribution in [0.25, 0.3) is 0 Å². The zero-order valence-corrected chi connectivity index (χ0v) is 14.2. The lowest BCUT2D eigenvalue weighted by atomic mass is 10.00. The smallest absolute Gasteiger partial charge is 0.315 e. The van der Waals surface area contributed by atoms with E-state index < -0.39 is 11.6 Å². The molecule has 1 aromatic rings. The highest BCUT2D eigenvalue weighted by atomic mass is 19.2. The molecule has 1 aliphatic rings. The Balaban J connectivity index is 2.06. The van der Waals surface area contributed by atoms with Crippen LogP contribution < -0.4 is 10.6 Å². The van der Waals surface area contributed by atoms with E-state index in [0.717, 1.165) is 19.0 Å². The van der Waals surface area contributed by atoms with Crippen molar-refractivity contribution in [2.75, 3.05) is 20.2 Å². The zero-order valence-electron chi connectivity index (χ0n) is 14.2. The van der Waals surface area contributed by atoms with E-state index in [4.69, 9.17) is 5.11 Å². The molecule has 5 nitrogen and oxygen atoms in total. The molecule has 0 spiro atoms. The van der Waals surface area contributed by atoms with Gasteiger partial charge in [-0.25, -0.2) is 13.6 Å². The lowest BCUT2D eigenvalue weighted by Gasteiger charge is -2.27. The van der Waals surface area contributed by atoms with Crippen molar-refractivity contribution in [2.45, 2.75) is 38.4 Å². The molecule has 1 aromatic carbocycles. The van der Waals surface area contributed by atoms with E-state index >= 15 is 0 Å². The van der Waals surface area contributed by atoms with Gasteiger partial charge in [0.25, 0.3) is 0 Å². The molecule has 2 amide bonds. The number of likely N-dealkylation sites (N-methyl/N-ethyl adjacent to an activating group) is 1. The highest BCUT2D eigenvalue weighted by molar-refractivity contribution is 5.74. The summed E-state index contributed by atoms with van der Waals surface area (Å²) in [4.78, 5) is 14.2. The SMILES string of the molecule is CC(CO)C(C)NC(=O)NC1CCN(C)C1c1ccc(F)c(F)c1. The number of hydrogen-bond acceptors (Lipinski definition) is 3. The number of carbonyl (C=O) groups is 1. The monoisotopic (exact) mass is 341 g/mol. The highest BCUT2D eigenvalue weighted by Crippen LogP contribution is 2.31. The maximum Gasteiger partial charge on any atom is 0.315 e. The van der Waals surface area contributed by atoms with Crippen LogP contribution in [0.4, 0.5) is 13.6 Å². The Hall–Kier alpha value is -1.73. The van der Waals surface area contributed by atoms with Gasteiger partial charge < -0.3 is 15.7 Å². The van der Waals surface area contributed by atoms with E-state index in [1.807, 2.05) is 25.8 Å². The molecule has 0 aromatic heterocycles. The predicted octanol–water partition coefficient (Wildman–Crippen LogP) is 2.03. The average molecular weight is 341 g/mol. The van der Waals surface area contributed by atoms with Crippen molar-refractivity contribution in [1.29, 1.82) is 0 Å². The minimum Gasteiger partial charge on any atom is -0.396 e. The average Bonchev–Trinajstić information content (AvgIpc) is 2.89. The molecule has 4 atom stereocenters. The molecule has 1 saturated heterocycles. The second kappa shape index (κ2) is 7.90. The van der Waals surface area contributed by atoms with Gasteiger partial charge in [0.1, 0.15) is 0 Å². The first-order valence-corrected chi connectivity index (χ1v) is 8.16. The van der Waals surface area contributed by atoms with Crippen molar-refractivity contribution in [3.63, 3.8) is 0 Å². The van der Waals surface area contributed by atoms with Crippen LogP contribution >= 0.6 is 0 Å². The summed E-state index contributed by atoms with van der Waals surface area (Å²) in [6, 6.07) is 2.94.